The second-order valence-electron chi connectivity index (χ2n) is 16.9. The van der Waals surface area contributed by atoms with Gasteiger partial charge in [-0.1, -0.05) is 12.8 Å². The topological polar surface area (TPSA) is 149 Å². The minimum atomic E-state index is -1.04. The second-order valence-corrected chi connectivity index (χ2v) is 16.9. The third-order valence-electron chi connectivity index (χ3n) is 12.7. The molecule has 1 atom stereocenters. The molecule has 1 spiro atoms. The van der Waals surface area contributed by atoms with E-state index in [1.807, 2.05) is 18.3 Å². The highest BCUT2D eigenvalue weighted by Gasteiger charge is 2.54. The second kappa shape index (κ2) is 13.3. The molecule has 56 heavy (non-hydrogen) atoms. The van der Waals surface area contributed by atoms with Crippen molar-refractivity contribution in [2.45, 2.75) is 82.7 Å². The number of amides is 4. The Morgan fingerprint density at radius 3 is 2.39 bits per heavy atom. The Labute approximate surface area is 324 Å². The van der Waals surface area contributed by atoms with Crippen LogP contribution in [-0.2, 0) is 19.8 Å². The molecule has 1 aromatic carbocycles. The average molecular weight is 763 g/mol. The molecule has 7 heterocycles. The molecule has 4 amide bonds. The highest BCUT2D eigenvalue weighted by molar-refractivity contribution is 6.15. The fraction of sp³-hybridized carbons (Fsp3) is 0.488. The number of carbonyl (C=O) groups excluding carboxylic acids is 4. The smallest absolute Gasteiger partial charge is 0.270 e. The first-order chi connectivity index (χ1) is 26.8. The number of nitrogens with zero attached hydrogens (tertiary/aromatic N) is 8. The monoisotopic (exact) mass is 762 g/mol. The number of fused-ring (bicyclic) bond motifs is 2. The number of halogens is 1. The molecular formula is C41H47FN10O4. The summed E-state index contributed by atoms with van der Waals surface area (Å²) in [7, 11) is 3.54. The van der Waals surface area contributed by atoms with Crippen LogP contribution in [0.25, 0.3) is 11.0 Å². The summed E-state index contributed by atoms with van der Waals surface area (Å²) in [5, 5.41) is 6.42. The van der Waals surface area contributed by atoms with Gasteiger partial charge in [0.15, 0.2) is 0 Å². The molecule has 2 N–H and O–H groups in total. The highest BCUT2D eigenvalue weighted by Crippen LogP contribution is 2.53. The van der Waals surface area contributed by atoms with Crippen molar-refractivity contribution >= 4 is 63.5 Å². The minimum Gasteiger partial charge on any atom is -0.370 e. The van der Waals surface area contributed by atoms with E-state index in [1.165, 1.54) is 11.0 Å². The number of nitrogens with one attached hydrogen (secondary N) is 2. The summed E-state index contributed by atoms with van der Waals surface area (Å²) in [6.45, 7) is 6.89. The Kier molecular flexibility index (Phi) is 8.54. The maximum Gasteiger partial charge on any atom is 0.270 e. The Hall–Kier alpha value is -5.60. The zero-order valence-corrected chi connectivity index (χ0v) is 32.3. The third-order valence-corrected chi connectivity index (χ3v) is 12.7. The van der Waals surface area contributed by atoms with E-state index < -0.39 is 23.2 Å². The summed E-state index contributed by atoms with van der Waals surface area (Å²) in [6, 6.07) is 8.35. The summed E-state index contributed by atoms with van der Waals surface area (Å²) in [4.78, 5) is 73.2. The lowest BCUT2D eigenvalue weighted by atomic mass is 9.71. The lowest BCUT2D eigenvalue weighted by Gasteiger charge is -2.56. The fourth-order valence-corrected chi connectivity index (χ4v) is 9.65. The van der Waals surface area contributed by atoms with Crippen molar-refractivity contribution in [2.24, 2.45) is 5.41 Å². The number of carbonyl (C=O) groups is 4. The van der Waals surface area contributed by atoms with Gasteiger partial charge in [-0.2, -0.15) is 4.98 Å². The molecule has 292 valence electrons. The number of hydrogen-bond acceptors (Lipinski definition) is 10. The van der Waals surface area contributed by atoms with Gasteiger partial charge in [-0.3, -0.25) is 29.4 Å². The molecular weight excluding hydrogens is 716 g/mol. The Morgan fingerprint density at radius 1 is 0.964 bits per heavy atom. The van der Waals surface area contributed by atoms with Gasteiger partial charge < -0.3 is 24.6 Å². The van der Waals surface area contributed by atoms with Crippen LogP contribution in [0.5, 0.6) is 0 Å². The van der Waals surface area contributed by atoms with Gasteiger partial charge in [0.05, 0.1) is 23.0 Å². The first kappa shape index (κ1) is 36.1. The molecule has 4 aromatic rings. The van der Waals surface area contributed by atoms with Gasteiger partial charge in [-0.05, 0) is 76.3 Å². The maximum absolute atomic E-state index is 15.6. The van der Waals surface area contributed by atoms with Crippen LogP contribution in [0.4, 0.5) is 33.2 Å². The van der Waals surface area contributed by atoms with Crippen LogP contribution in [-0.4, -0.2) is 94.4 Å². The summed E-state index contributed by atoms with van der Waals surface area (Å²) < 4.78 is 17.7. The van der Waals surface area contributed by atoms with Crippen molar-refractivity contribution in [2.75, 3.05) is 60.3 Å². The third kappa shape index (κ3) is 5.84. The lowest BCUT2D eigenvalue weighted by Crippen LogP contribution is -2.61. The zero-order chi connectivity index (χ0) is 39.1. The molecule has 3 saturated heterocycles. The van der Waals surface area contributed by atoms with Crippen molar-refractivity contribution in [3.8, 4) is 0 Å². The van der Waals surface area contributed by atoms with E-state index in [1.54, 1.807) is 45.1 Å². The fourth-order valence-electron chi connectivity index (χ4n) is 9.65. The Balaban J connectivity index is 0.862. The molecule has 0 bridgehead atoms. The zero-order valence-electron chi connectivity index (χ0n) is 32.3. The van der Waals surface area contributed by atoms with E-state index in [-0.39, 0.29) is 47.7 Å². The molecule has 9 rings (SSSR count). The molecule has 5 aliphatic rings. The van der Waals surface area contributed by atoms with E-state index in [9.17, 15) is 19.2 Å². The van der Waals surface area contributed by atoms with Crippen LogP contribution in [0.2, 0.25) is 0 Å². The number of hydrogen-bond donors (Lipinski definition) is 2. The van der Waals surface area contributed by atoms with Crippen LogP contribution in [0.3, 0.4) is 0 Å². The standard InChI is InChI=1S/C41H47FN10O4/c1-40(2)33-28(11-10-27(42)34(33)52(38(40)56)29-12-14-32(53)46-36(29)54)50-22-41(23-50)15-17-49(18-16-41)26-9-13-31(43-21-26)45-39-44-20-24-19-30(37(55)48(3)4)51(35(24)47-39)25-7-5-6-8-25/h9-11,13,19-21,25,29H,5-8,12,14-18,22-23H2,1-4H3,(H,46,53,54)(H,43,44,45,47)/t29-/m0/s1. The van der Waals surface area contributed by atoms with Gasteiger partial charge in [0, 0.05) is 81.0 Å². The minimum absolute atomic E-state index is 0.0437. The molecule has 1 aliphatic carbocycles. The number of anilines is 5. The molecule has 0 unspecified atom stereocenters. The van der Waals surface area contributed by atoms with E-state index in [2.05, 4.69) is 36.1 Å². The number of aromatic nitrogens is 4. The van der Waals surface area contributed by atoms with Gasteiger partial charge in [0.2, 0.25) is 23.7 Å². The first-order valence-electron chi connectivity index (χ1n) is 19.7. The van der Waals surface area contributed by atoms with Crippen LogP contribution in [0.15, 0.2) is 42.7 Å². The number of piperidine rings is 2. The summed E-state index contributed by atoms with van der Waals surface area (Å²) in [5.41, 5.74) is 3.08. The maximum atomic E-state index is 15.6. The van der Waals surface area contributed by atoms with Crippen molar-refractivity contribution in [3.63, 3.8) is 0 Å². The van der Waals surface area contributed by atoms with Gasteiger partial charge in [-0.25, -0.2) is 14.4 Å². The van der Waals surface area contributed by atoms with E-state index in [4.69, 9.17) is 9.97 Å². The Morgan fingerprint density at radius 2 is 1.71 bits per heavy atom. The molecule has 3 aromatic heterocycles. The van der Waals surface area contributed by atoms with Gasteiger partial charge in [0.1, 0.15) is 29.0 Å². The van der Waals surface area contributed by atoms with E-state index in [0.29, 0.717) is 23.0 Å². The van der Waals surface area contributed by atoms with E-state index in [0.717, 1.165) is 87.1 Å². The first-order valence-corrected chi connectivity index (χ1v) is 19.7. The quantitative estimate of drug-likeness (QED) is 0.245. The molecule has 4 fully saturated rings. The number of benzene rings is 1. The van der Waals surface area contributed by atoms with E-state index >= 15 is 4.39 Å². The summed E-state index contributed by atoms with van der Waals surface area (Å²) in [6.07, 6.45) is 10.2. The molecule has 15 heteroatoms. The molecule has 14 nitrogen and oxygen atoms in total. The van der Waals surface area contributed by atoms with Crippen LogP contribution in [0, 0.1) is 11.2 Å². The van der Waals surface area contributed by atoms with Crippen LogP contribution < -0.4 is 25.3 Å². The summed E-state index contributed by atoms with van der Waals surface area (Å²) >= 11 is 0. The van der Waals surface area contributed by atoms with Crippen molar-refractivity contribution < 1.29 is 23.6 Å². The SMILES string of the molecule is CN(C)C(=O)c1cc2cnc(Nc3ccc(N4CCC5(CC4)CN(c4ccc(F)c6c4C(C)(C)C(=O)N6[C@H]4CCC(=O)NC4=O)C5)cn3)nc2n1C1CCCC1. The van der Waals surface area contributed by atoms with Gasteiger partial charge in [0.25, 0.3) is 5.91 Å². The van der Waals surface area contributed by atoms with Gasteiger partial charge >= 0.3 is 0 Å². The number of rotatable bonds is 7. The van der Waals surface area contributed by atoms with Crippen LogP contribution >= 0.6 is 0 Å². The molecule has 0 radical (unpaired) electrons. The largest absolute Gasteiger partial charge is 0.370 e. The Bertz CT molecular complexity index is 2270. The van der Waals surface area contributed by atoms with Crippen LogP contribution in [0.1, 0.15) is 87.3 Å². The molecule has 1 saturated carbocycles. The van der Waals surface area contributed by atoms with Crippen molar-refractivity contribution in [1.29, 1.82) is 0 Å². The summed E-state index contributed by atoms with van der Waals surface area (Å²) in [5.74, 6) is -0.806. The lowest BCUT2D eigenvalue weighted by molar-refractivity contribution is -0.136. The number of pyridine rings is 1. The predicted octanol–water partition coefficient (Wildman–Crippen LogP) is 5.06. The average Bonchev–Trinajstić information content (AvgIpc) is 3.88. The van der Waals surface area contributed by atoms with Crippen molar-refractivity contribution in [1.82, 2.24) is 29.7 Å². The number of imide groups is 1. The molecule has 4 aliphatic heterocycles. The van der Waals surface area contributed by atoms with Crippen molar-refractivity contribution in [3.05, 3.63) is 59.8 Å². The normalized spacial score (nSPS) is 21.8. The predicted molar refractivity (Wildman–Crippen MR) is 210 cm³/mol. The van der Waals surface area contributed by atoms with Gasteiger partial charge in [-0.15, -0.1) is 0 Å². The highest BCUT2D eigenvalue weighted by atomic mass is 19.1.